The number of rotatable bonds is 5. The third kappa shape index (κ3) is 5.07. The van der Waals surface area contributed by atoms with E-state index in [4.69, 9.17) is 5.21 Å². The molecule has 0 radical (unpaired) electrons. The van der Waals surface area contributed by atoms with Gasteiger partial charge in [0, 0.05) is 5.69 Å². The van der Waals surface area contributed by atoms with Crippen LogP contribution in [-0.4, -0.2) is 17.0 Å². The summed E-state index contributed by atoms with van der Waals surface area (Å²) in [7, 11) is 0. The molecule has 31 heavy (non-hydrogen) atoms. The van der Waals surface area contributed by atoms with E-state index >= 15 is 0 Å². The van der Waals surface area contributed by atoms with Crippen LogP contribution in [0.5, 0.6) is 0 Å². The highest BCUT2D eigenvalue weighted by Gasteiger charge is 2.31. The summed E-state index contributed by atoms with van der Waals surface area (Å²) in [6.45, 7) is 0. The minimum absolute atomic E-state index is 0.240. The molecule has 0 aliphatic rings. The second-order valence-corrected chi connectivity index (χ2v) is 6.59. The minimum atomic E-state index is -4.72. The molecule has 9 heteroatoms. The van der Waals surface area contributed by atoms with E-state index in [1.165, 1.54) is 24.3 Å². The van der Waals surface area contributed by atoms with E-state index in [2.05, 4.69) is 5.32 Å². The van der Waals surface area contributed by atoms with Gasteiger partial charge in [-0.25, -0.2) is 9.87 Å². The molecule has 3 aromatic rings. The van der Waals surface area contributed by atoms with Crippen molar-refractivity contribution in [2.24, 2.45) is 0 Å². The van der Waals surface area contributed by atoms with Crippen LogP contribution in [0.15, 0.2) is 72.8 Å². The summed E-state index contributed by atoms with van der Waals surface area (Å²) in [4.78, 5) is 24.4. The summed E-state index contributed by atoms with van der Waals surface area (Å²) < 4.78 is 51.9. The lowest BCUT2D eigenvalue weighted by Crippen LogP contribution is -2.27. The molecule has 0 aliphatic heterocycles. The van der Waals surface area contributed by atoms with Gasteiger partial charge in [0.25, 0.3) is 11.8 Å². The van der Waals surface area contributed by atoms with Crippen molar-refractivity contribution in [3.05, 3.63) is 101 Å². The number of nitrogens with one attached hydrogen (secondary N) is 2. The fraction of sp³-hybridized carbons (Fsp3) is 0.0909. The number of carbonyl (C=O) groups excluding carboxylic acids is 2. The lowest BCUT2D eigenvalue weighted by molar-refractivity contribution is -0.137. The topological polar surface area (TPSA) is 78.4 Å². The van der Waals surface area contributed by atoms with Crippen LogP contribution in [0.25, 0.3) is 0 Å². The number of amides is 2. The maximum atomic E-state index is 14.0. The molecule has 5 nitrogen and oxygen atoms in total. The number of hydroxylamine groups is 1. The van der Waals surface area contributed by atoms with Crippen molar-refractivity contribution in [1.29, 1.82) is 0 Å². The zero-order valence-corrected chi connectivity index (χ0v) is 15.8. The van der Waals surface area contributed by atoms with Crippen LogP contribution in [0, 0.1) is 5.82 Å². The maximum Gasteiger partial charge on any atom is 0.416 e. The predicted molar refractivity (Wildman–Crippen MR) is 104 cm³/mol. The zero-order valence-electron chi connectivity index (χ0n) is 15.8. The Hall–Kier alpha value is -3.72. The minimum Gasteiger partial charge on any atom is -0.322 e. The molecule has 3 rings (SSSR count). The van der Waals surface area contributed by atoms with E-state index in [1.807, 2.05) is 0 Å². The van der Waals surface area contributed by atoms with Crippen LogP contribution in [0.4, 0.5) is 23.2 Å². The summed E-state index contributed by atoms with van der Waals surface area (Å²) in [5.74, 6) is -3.70. The normalized spacial score (nSPS) is 12.2. The highest BCUT2D eigenvalue weighted by molar-refractivity contribution is 6.04. The lowest BCUT2D eigenvalue weighted by Gasteiger charge is -2.16. The van der Waals surface area contributed by atoms with Gasteiger partial charge >= 0.3 is 6.18 Å². The summed E-state index contributed by atoms with van der Waals surface area (Å²) in [5, 5.41) is 11.5. The number of halogens is 4. The van der Waals surface area contributed by atoms with E-state index in [0.717, 1.165) is 6.07 Å². The maximum absolute atomic E-state index is 14.0. The molecular weight excluding hydrogens is 416 g/mol. The average molecular weight is 432 g/mol. The van der Waals surface area contributed by atoms with Crippen molar-refractivity contribution in [1.82, 2.24) is 5.48 Å². The molecule has 0 fully saturated rings. The first kappa shape index (κ1) is 22.0. The number of carbonyl (C=O) groups is 2. The fourth-order valence-corrected chi connectivity index (χ4v) is 3.04. The standard InChI is InChI=1S/C22H16F4N2O3/c23-18-12-15(22(24,25)26)8-11-17(18)20(29)27-16-9-6-14(7-10-16)19(21(30)28-31)13-4-2-1-3-5-13/h1-12,19,31H,(H,27,29)(H,28,30). The van der Waals surface area contributed by atoms with Crippen molar-refractivity contribution in [3.8, 4) is 0 Å². The summed E-state index contributed by atoms with van der Waals surface area (Å²) >= 11 is 0. The number of benzene rings is 3. The number of hydrogen-bond acceptors (Lipinski definition) is 3. The van der Waals surface area contributed by atoms with Gasteiger partial charge in [-0.05, 0) is 41.5 Å². The second kappa shape index (κ2) is 8.97. The van der Waals surface area contributed by atoms with E-state index in [9.17, 15) is 27.2 Å². The molecule has 1 atom stereocenters. The first-order chi connectivity index (χ1) is 14.7. The molecule has 1 unspecified atom stereocenters. The Morgan fingerprint density at radius 3 is 2.03 bits per heavy atom. The monoisotopic (exact) mass is 432 g/mol. The molecule has 160 valence electrons. The average Bonchev–Trinajstić information content (AvgIpc) is 2.75. The van der Waals surface area contributed by atoms with Crippen molar-refractivity contribution in [2.45, 2.75) is 12.1 Å². The fourth-order valence-electron chi connectivity index (χ4n) is 3.04. The van der Waals surface area contributed by atoms with E-state index in [-0.39, 0.29) is 11.8 Å². The summed E-state index contributed by atoms with van der Waals surface area (Å²) in [6, 6.07) is 16.3. The van der Waals surface area contributed by atoms with E-state index < -0.39 is 40.9 Å². The molecule has 0 aromatic heterocycles. The Kier molecular flexibility index (Phi) is 6.36. The molecular formula is C22H16F4N2O3. The molecule has 0 heterocycles. The predicted octanol–water partition coefficient (Wildman–Crippen LogP) is 4.73. The molecule has 0 saturated heterocycles. The number of anilines is 1. The number of hydrogen-bond donors (Lipinski definition) is 3. The molecule has 0 saturated carbocycles. The molecule has 0 aliphatic carbocycles. The summed E-state index contributed by atoms with van der Waals surface area (Å²) in [5.41, 5.74) is 1.26. The molecule has 2 amide bonds. The highest BCUT2D eigenvalue weighted by Crippen LogP contribution is 2.30. The van der Waals surface area contributed by atoms with Gasteiger partial charge in [0.2, 0.25) is 0 Å². The van der Waals surface area contributed by atoms with Gasteiger partial charge in [-0.2, -0.15) is 13.2 Å². The Morgan fingerprint density at radius 1 is 0.871 bits per heavy atom. The Labute approximate surface area is 174 Å². The van der Waals surface area contributed by atoms with Gasteiger partial charge in [-0.3, -0.25) is 14.8 Å². The van der Waals surface area contributed by atoms with Crippen LogP contribution in [0.2, 0.25) is 0 Å². The van der Waals surface area contributed by atoms with Crippen molar-refractivity contribution < 1.29 is 32.4 Å². The van der Waals surface area contributed by atoms with Crippen LogP contribution in [0.1, 0.15) is 33.0 Å². The first-order valence-corrected chi connectivity index (χ1v) is 8.97. The SMILES string of the molecule is O=C(Nc1ccc(C(C(=O)NO)c2ccccc2)cc1)c1ccc(C(F)(F)F)cc1F. The second-order valence-electron chi connectivity index (χ2n) is 6.59. The van der Waals surface area contributed by atoms with Gasteiger partial charge in [0.15, 0.2) is 0 Å². The molecule has 0 bridgehead atoms. The Morgan fingerprint density at radius 2 is 1.48 bits per heavy atom. The van der Waals surface area contributed by atoms with Gasteiger partial charge in [0.05, 0.1) is 17.0 Å². The van der Waals surface area contributed by atoms with Crippen molar-refractivity contribution in [2.75, 3.05) is 5.32 Å². The van der Waals surface area contributed by atoms with E-state index in [1.54, 1.807) is 35.8 Å². The third-order valence-electron chi connectivity index (χ3n) is 4.55. The van der Waals surface area contributed by atoms with Crippen LogP contribution < -0.4 is 10.8 Å². The van der Waals surface area contributed by atoms with E-state index in [0.29, 0.717) is 17.2 Å². The van der Waals surface area contributed by atoms with Crippen LogP contribution in [-0.2, 0) is 11.0 Å². The lowest BCUT2D eigenvalue weighted by atomic mass is 9.90. The largest absolute Gasteiger partial charge is 0.416 e. The van der Waals surface area contributed by atoms with Gasteiger partial charge in [-0.15, -0.1) is 0 Å². The Bertz CT molecular complexity index is 1080. The smallest absolute Gasteiger partial charge is 0.322 e. The quantitative estimate of drug-likeness (QED) is 0.310. The first-order valence-electron chi connectivity index (χ1n) is 8.97. The van der Waals surface area contributed by atoms with Crippen molar-refractivity contribution in [3.63, 3.8) is 0 Å². The van der Waals surface area contributed by atoms with Crippen LogP contribution >= 0.6 is 0 Å². The zero-order chi connectivity index (χ0) is 22.6. The number of alkyl halides is 3. The third-order valence-corrected chi connectivity index (χ3v) is 4.55. The molecule has 3 aromatic carbocycles. The summed E-state index contributed by atoms with van der Waals surface area (Å²) in [6.07, 6.45) is -4.72. The van der Waals surface area contributed by atoms with Gasteiger partial charge < -0.3 is 5.32 Å². The van der Waals surface area contributed by atoms with Crippen LogP contribution in [0.3, 0.4) is 0 Å². The highest BCUT2D eigenvalue weighted by atomic mass is 19.4. The van der Waals surface area contributed by atoms with Gasteiger partial charge in [-0.1, -0.05) is 42.5 Å². The van der Waals surface area contributed by atoms with Crippen molar-refractivity contribution >= 4 is 17.5 Å². The molecule has 0 spiro atoms. The van der Waals surface area contributed by atoms with Gasteiger partial charge in [0.1, 0.15) is 5.82 Å². The molecule has 3 N–H and O–H groups in total. The Balaban J connectivity index is 1.80.